The van der Waals surface area contributed by atoms with Gasteiger partial charge in [-0.2, -0.15) is 0 Å². The van der Waals surface area contributed by atoms with Crippen LogP contribution in [0.5, 0.6) is 0 Å². The van der Waals surface area contributed by atoms with Crippen LogP contribution in [0.1, 0.15) is 33.1 Å². The van der Waals surface area contributed by atoms with E-state index in [4.69, 9.17) is 5.11 Å². The zero-order valence-corrected chi connectivity index (χ0v) is 8.47. The maximum atomic E-state index is 10.6. The largest absolute Gasteiger partial charge is 0.478 e. The summed E-state index contributed by atoms with van der Waals surface area (Å²) in [6, 6.07) is -0.0796. The van der Waals surface area contributed by atoms with Crippen LogP contribution in [0.4, 0.5) is 0 Å². The van der Waals surface area contributed by atoms with Crippen LogP contribution in [-0.2, 0) is 4.79 Å². The third kappa shape index (κ3) is 4.68. The van der Waals surface area contributed by atoms with Crippen molar-refractivity contribution in [2.75, 3.05) is 6.54 Å². The van der Waals surface area contributed by atoms with Crippen molar-refractivity contribution in [3.05, 3.63) is 12.2 Å². The molecule has 0 radical (unpaired) electrons. The van der Waals surface area contributed by atoms with E-state index in [1.54, 1.807) is 0 Å². The average molecular weight is 185 g/mol. The Kier molecular flexibility index (Phi) is 6.24. The number of carboxylic acids is 1. The van der Waals surface area contributed by atoms with Crippen LogP contribution >= 0.6 is 0 Å². The van der Waals surface area contributed by atoms with E-state index in [-0.39, 0.29) is 11.6 Å². The molecule has 2 N–H and O–H groups in total. The highest BCUT2D eigenvalue weighted by Crippen LogP contribution is 2.04. The number of rotatable bonds is 7. The molecule has 3 heteroatoms. The normalized spacial score (nSPS) is 12.5. The minimum Gasteiger partial charge on any atom is -0.478 e. The van der Waals surface area contributed by atoms with Gasteiger partial charge in [-0.25, -0.2) is 4.79 Å². The Morgan fingerprint density at radius 1 is 1.54 bits per heavy atom. The van der Waals surface area contributed by atoms with Gasteiger partial charge in [0, 0.05) is 11.6 Å². The van der Waals surface area contributed by atoms with Crippen molar-refractivity contribution in [1.82, 2.24) is 5.32 Å². The summed E-state index contributed by atoms with van der Waals surface area (Å²) in [6.45, 7) is 8.47. The molecule has 0 aliphatic carbocycles. The van der Waals surface area contributed by atoms with Crippen molar-refractivity contribution >= 4 is 5.97 Å². The molecular formula is C10H19NO2. The summed E-state index contributed by atoms with van der Waals surface area (Å²) in [6.07, 6.45) is 2.96. The van der Waals surface area contributed by atoms with Gasteiger partial charge in [-0.1, -0.05) is 26.8 Å². The zero-order chi connectivity index (χ0) is 10.3. The van der Waals surface area contributed by atoms with E-state index in [0.29, 0.717) is 0 Å². The van der Waals surface area contributed by atoms with Crippen LogP contribution in [0.2, 0.25) is 0 Å². The Labute approximate surface area is 79.8 Å². The summed E-state index contributed by atoms with van der Waals surface area (Å²) in [5, 5.41) is 11.9. The van der Waals surface area contributed by atoms with Gasteiger partial charge >= 0.3 is 5.97 Å². The Bertz CT molecular complexity index is 178. The van der Waals surface area contributed by atoms with Crippen molar-refractivity contribution in [1.29, 1.82) is 0 Å². The first-order valence-electron chi connectivity index (χ1n) is 4.78. The maximum absolute atomic E-state index is 10.6. The molecule has 0 aliphatic rings. The summed E-state index contributed by atoms with van der Waals surface area (Å²) in [4.78, 5) is 10.6. The van der Waals surface area contributed by atoms with Crippen molar-refractivity contribution in [3.63, 3.8) is 0 Å². The second kappa shape index (κ2) is 6.66. The topological polar surface area (TPSA) is 49.3 Å². The monoisotopic (exact) mass is 185 g/mol. The Hall–Kier alpha value is -0.830. The van der Waals surface area contributed by atoms with E-state index in [1.807, 2.05) is 6.92 Å². The lowest BCUT2D eigenvalue weighted by atomic mass is 10.1. The van der Waals surface area contributed by atoms with Gasteiger partial charge in [0.15, 0.2) is 0 Å². The molecule has 0 heterocycles. The third-order valence-corrected chi connectivity index (χ3v) is 2.02. The minimum absolute atomic E-state index is 0.0796. The van der Waals surface area contributed by atoms with Crippen molar-refractivity contribution in [2.24, 2.45) is 0 Å². The maximum Gasteiger partial charge on any atom is 0.332 e. The molecule has 1 unspecified atom stereocenters. The second-order valence-electron chi connectivity index (χ2n) is 3.10. The van der Waals surface area contributed by atoms with E-state index < -0.39 is 5.97 Å². The van der Waals surface area contributed by atoms with Gasteiger partial charge < -0.3 is 10.4 Å². The fraction of sp³-hybridized carbons (Fsp3) is 0.700. The molecule has 0 saturated heterocycles. The van der Waals surface area contributed by atoms with Gasteiger partial charge in [0.25, 0.3) is 0 Å². The van der Waals surface area contributed by atoms with Crippen LogP contribution < -0.4 is 5.32 Å². The number of nitrogens with one attached hydrogen (secondary N) is 1. The fourth-order valence-corrected chi connectivity index (χ4v) is 1.12. The Morgan fingerprint density at radius 3 is 2.54 bits per heavy atom. The quantitative estimate of drug-likeness (QED) is 0.469. The van der Waals surface area contributed by atoms with Gasteiger partial charge in [-0.05, 0) is 19.4 Å². The fourth-order valence-electron chi connectivity index (χ4n) is 1.12. The molecular weight excluding hydrogens is 166 g/mol. The van der Waals surface area contributed by atoms with E-state index in [0.717, 1.165) is 25.8 Å². The summed E-state index contributed by atoms with van der Waals surface area (Å²) >= 11 is 0. The van der Waals surface area contributed by atoms with E-state index >= 15 is 0 Å². The number of hydrogen-bond donors (Lipinski definition) is 2. The number of aliphatic carboxylic acids is 1. The molecule has 0 aromatic heterocycles. The molecule has 0 amide bonds. The first kappa shape index (κ1) is 12.2. The van der Waals surface area contributed by atoms with Crippen molar-refractivity contribution in [2.45, 2.75) is 39.2 Å². The molecule has 0 fully saturated rings. The number of carboxylic acid groups (broad SMARTS) is 1. The molecule has 0 aliphatic heterocycles. The summed E-state index contributed by atoms with van der Waals surface area (Å²) in [5.74, 6) is -0.907. The smallest absolute Gasteiger partial charge is 0.332 e. The molecule has 1 atom stereocenters. The second-order valence-corrected chi connectivity index (χ2v) is 3.10. The van der Waals surface area contributed by atoms with Crippen LogP contribution in [0.15, 0.2) is 12.2 Å². The zero-order valence-electron chi connectivity index (χ0n) is 8.47. The summed E-state index contributed by atoms with van der Waals surface area (Å²) < 4.78 is 0. The van der Waals surface area contributed by atoms with Crippen LogP contribution in [0.25, 0.3) is 0 Å². The van der Waals surface area contributed by atoms with E-state index in [2.05, 4.69) is 18.8 Å². The Morgan fingerprint density at radius 2 is 2.15 bits per heavy atom. The number of hydrogen-bond acceptors (Lipinski definition) is 2. The minimum atomic E-state index is -0.907. The molecule has 0 rings (SSSR count). The Balaban J connectivity index is 3.88. The van der Waals surface area contributed by atoms with Crippen LogP contribution in [-0.4, -0.2) is 23.7 Å². The molecule has 0 aromatic rings. The molecule has 0 bridgehead atoms. The van der Waals surface area contributed by atoms with Gasteiger partial charge in [-0.15, -0.1) is 0 Å². The predicted molar refractivity (Wildman–Crippen MR) is 53.8 cm³/mol. The SMILES string of the molecule is C=C(C(=O)O)C(CC)NCCCC. The highest BCUT2D eigenvalue weighted by molar-refractivity contribution is 5.87. The van der Waals surface area contributed by atoms with E-state index in [1.165, 1.54) is 0 Å². The highest BCUT2D eigenvalue weighted by atomic mass is 16.4. The molecule has 0 aromatic carbocycles. The van der Waals surface area contributed by atoms with Gasteiger partial charge in [0.2, 0.25) is 0 Å². The average Bonchev–Trinajstić information content (AvgIpc) is 2.11. The summed E-state index contributed by atoms with van der Waals surface area (Å²) in [7, 11) is 0. The molecule has 13 heavy (non-hydrogen) atoms. The highest BCUT2D eigenvalue weighted by Gasteiger charge is 2.14. The first-order chi connectivity index (χ1) is 6.13. The molecule has 0 spiro atoms. The van der Waals surface area contributed by atoms with Crippen LogP contribution in [0.3, 0.4) is 0 Å². The molecule has 76 valence electrons. The lowest BCUT2D eigenvalue weighted by Gasteiger charge is -2.16. The lowest BCUT2D eigenvalue weighted by molar-refractivity contribution is -0.133. The predicted octanol–water partition coefficient (Wildman–Crippen LogP) is 1.80. The molecule has 3 nitrogen and oxygen atoms in total. The van der Waals surface area contributed by atoms with Gasteiger partial charge in [0.05, 0.1) is 0 Å². The standard InChI is InChI=1S/C10H19NO2/c1-4-6-7-11-9(5-2)8(3)10(12)13/h9,11H,3-7H2,1-2H3,(H,12,13). The number of unbranched alkanes of at least 4 members (excludes halogenated alkanes) is 1. The lowest BCUT2D eigenvalue weighted by Crippen LogP contribution is -2.33. The van der Waals surface area contributed by atoms with Gasteiger partial charge in [-0.3, -0.25) is 0 Å². The van der Waals surface area contributed by atoms with Crippen molar-refractivity contribution in [3.8, 4) is 0 Å². The number of carbonyl (C=O) groups is 1. The first-order valence-corrected chi connectivity index (χ1v) is 4.78. The van der Waals surface area contributed by atoms with E-state index in [9.17, 15) is 4.79 Å². The summed E-state index contributed by atoms with van der Waals surface area (Å²) in [5.41, 5.74) is 0.263. The van der Waals surface area contributed by atoms with Gasteiger partial charge in [0.1, 0.15) is 0 Å². The van der Waals surface area contributed by atoms with Crippen LogP contribution in [0, 0.1) is 0 Å². The molecule has 0 saturated carbocycles. The third-order valence-electron chi connectivity index (χ3n) is 2.02. The van der Waals surface area contributed by atoms with Crippen molar-refractivity contribution < 1.29 is 9.90 Å².